The first-order chi connectivity index (χ1) is 17.9. The maximum Gasteiger partial charge on any atom is 0.255 e. The zero-order valence-electron chi connectivity index (χ0n) is 21.3. The van der Waals surface area contributed by atoms with Crippen LogP contribution in [0.1, 0.15) is 35.2 Å². The van der Waals surface area contributed by atoms with E-state index in [2.05, 4.69) is 20.7 Å². The van der Waals surface area contributed by atoms with Crippen LogP contribution in [0.4, 0.5) is 11.6 Å². The predicted molar refractivity (Wildman–Crippen MR) is 143 cm³/mol. The molecule has 1 amide bonds. The number of amides is 1. The number of ether oxygens (including phenoxy) is 2. The van der Waals surface area contributed by atoms with E-state index in [4.69, 9.17) is 9.47 Å². The minimum atomic E-state index is -0.512. The van der Waals surface area contributed by atoms with Gasteiger partial charge >= 0.3 is 0 Å². The fraction of sp³-hybridized carbons (Fsp3) is 0.207. The average molecular weight is 496 g/mol. The molecule has 0 saturated carbocycles. The Morgan fingerprint density at radius 3 is 2.59 bits per heavy atom. The van der Waals surface area contributed by atoms with Crippen LogP contribution in [0.2, 0.25) is 0 Å². The Morgan fingerprint density at radius 1 is 1.03 bits per heavy atom. The van der Waals surface area contributed by atoms with E-state index in [1.54, 1.807) is 11.8 Å². The second kappa shape index (κ2) is 10.2. The van der Waals surface area contributed by atoms with Crippen molar-refractivity contribution >= 4 is 17.5 Å². The first-order valence-corrected chi connectivity index (χ1v) is 12.0. The van der Waals surface area contributed by atoms with E-state index >= 15 is 0 Å². The normalized spacial score (nSPS) is 14.5. The summed E-state index contributed by atoms with van der Waals surface area (Å²) in [4.78, 5) is 18.0. The Balaban J connectivity index is 1.49. The van der Waals surface area contributed by atoms with Gasteiger partial charge in [-0.25, -0.2) is 4.68 Å². The van der Waals surface area contributed by atoms with Crippen molar-refractivity contribution in [2.45, 2.75) is 33.4 Å². The number of aromatic nitrogens is 3. The van der Waals surface area contributed by atoms with Crippen LogP contribution >= 0.6 is 0 Å². The SMILES string of the molecule is COc1cc([C@H]2C(C(=O)Nc3ccc(C)cc3C)=C(C)Nc3ncnn32)ccc1OCc1ccccc1. The highest BCUT2D eigenvalue weighted by atomic mass is 16.5. The molecule has 5 rings (SSSR count). The van der Waals surface area contributed by atoms with Gasteiger partial charge in [-0.2, -0.15) is 10.1 Å². The number of nitrogens with one attached hydrogen (secondary N) is 2. The zero-order valence-corrected chi connectivity index (χ0v) is 21.3. The van der Waals surface area contributed by atoms with E-state index in [1.165, 1.54) is 6.33 Å². The maximum atomic E-state index is 13.7. The third kappa shape index (κ3) is 4.91. The Labute approximate surface area is 216 Å². The summed E-state index contributed by atoms with van der Waals surface area (Å²) >= 11 is 0. The summed E-state index contributed by atoms with van der Waals surface area (Å²) in [5.41, 5.74) is 6.02. The Kier molecular flexibility index (Phi) is 6.64. The number of carbonyl (C=O) groups is 1. The summed E-state index contributed by atoms with van der Waals surface area (Å²) < 4.78 is 13.4. The minimum absolute atomic E-state index is 0.216. The van der Waals surface area contributed by atoms with Gasteiger partial charge in [-0.15, -0.1) is 0 Å². The van der Waals surface area contributed by atoms with E-state index in [1.807, 2.05) is 87.5 Å². The van der Waals surface area contributed by atoms with Crippen LogP contribution in [0.3, 0.4) is 0 Å². The molecule has 1 aliphatic rings. The molecule has 37 heavy (non-hydrogen) atoms. The summed E-state index contributed by atoms with van der Waals surface area (Å²) in [5, 5.41) is 10.7. The van der Waals surface area contributed by atoms with E-state index in [0.717, 1.165) is 27.9 Å². The van der Waals surface area contributed by atoms with Crippen molar-refractivity contribution < 1.29 is 14.3 Å². The molecule has 0 radical (unpaired) electrons. The van der Waals surface area contributed by atoms with Gasteiger partial charge in [-0.05, 0) is 55.7 Å². The molecule has 0 bridgehead atoms. The molecule has 0 saturated heterocycles. The zero-order chi connectivity index (χ0) is 25.9. The molecule has 0 unspecified atom stereocenters. The first kappa shape index (κ1) is 24.1. The van der Waals surface area contributed by atoms with Crippen LogP contribution in [0.5, 0.6) is 11.5 Å². The number of hydrogen-bond acceptors (Lipinski definition) is 6. The van der Waals surface area contributed by atoms with Crippen molar-refractivity contribution in [3.63, 3.8) is 0 Å². The summed E-state index contributed by atoms with van der Waals surface area (Å²) in [7, 11) is 1.60. The molecule has 1 aliphatic heterocycles. The van der Waals surface area contributed by atoms with Gasteiger partial charge in [0.25, 0.3) is 5.91 Å². The lowest BCUT2D eigenvalue weighted by atomic mass is 9.94. The van der Waals surface area contributed by atoms with Gasteiger partial charge < -0.3 is 20.1 Å². The number of hydrogen-bond donors (Lipinski definition) is 2. The van der Waals surface area contributed by atoms with Crippen LogP contribution in [0, 0.1) is 13.8 Å². The van der Waals surface area contributed by atoms with Crippen LogP contribution in [0.15, 0.2) is 84.3 Å². The molecule has 1 atom stereocenters. The summed E-state index contributed by atoms with van der Waals surface area (Å²) in [6.45, 7) is 6.30. The fourth-order valence-electron chi connectivity index (χ4n) is 4.55. The molecule has 0 fully saturated rings. The van der Waals surface area contributed by atoms with Gasteiger partial charge in [0.1, 0.15) is 19.0 Å². The molecule has 8 heteroatoms. The highest BCUT2D eigenvalue weighted by molar-refractivity contribution is 6.06. The summed E-state index contributed by atoms with van der Waals surface area (Å²) in [6, 6.07) is 21.1. The van der Waals surface area contributed by atoms with Crippen molar-refractivity contribution in [2.24, 2.45) is 0 Å². The third-order valence-electron chi connectivity index (χ3n) is 6.41. The Hall–Kier alpha value is -4.59. The van der Waals surface area contributed by atoms with Gasteiger partial charge in [0.05, 0.1) is 12.7 Å². The Bertz CT molecular complexity index is 1480. The molecule has 188 valence electrons. The van der Waals surface area contributed by atoms with Crippen LogP contribution in [-0.4, -0.2) is 27.8 Å². The largest absolute Gasteiger partial charge is 0.493 e. The highest BCUT2D eigenvalue weighted by Gasteiger charge is 2.34. The molecule has 0 spiro atoms. The first-order valence-electron chi connectivity index (χ1n) is 12.0. The lowest BCUT2D eigenvalue weighted by molar-refractivity contribution is -0.113. The van der Waals surface area contributed by atoms with E-state index in [-0.39, 0.29) is 5.91 Å². The second-order valence-corrected chi connectivity index (χ2v) is 9.05. The summed E-state index contributed by atoms with van der Waals surface area (Å²) in [6.07, 6.45) is 1.47. The summed E-state index contributed by atoms with van der Waals surface area (Å²) in [5.74, 6) is 1.53. The minimum Gasteiger partial charge on any atom is -0.493 e. The number of allylic oxidation sites excluding steroid dienone is 1. The molecular weight excluding hydrogens is 466 g/mol. The standard InChI is InChI=1S/C29H29N5O3/c1-18-10-12-23(19(2)14-18)33-28(35)26-20(3)32-29-30-17-31-34(29)27(26)22-11-13-24(25(15-22)36-4)37-16-21-8-6-5-7-9-21/h5-15,17,27H,16H2,1-4H3,(H,33,35)(H,30,31,32)/t27-/m0/s1. The van der Waals surface area contributed by atoms with Gasteiger partial charge in [0.15, 0.2) is 11.5 Å². The smallest absolute Gasteiger partial charge is 0.255 e. The molecule has 0 aliphatic carbocycles. The number of aryl methyl sites for hydroxylation is 2. The number of fused-ring (bicyclic) bond motifs is 1. The van der Waals surface area contributed by atoms with Crippen molar-refractivity contribution in [1.82, 2.24) is 14.8 Å². The third-order valence-corrected chi connectivity index (χ3v) is 6.41. The van der Waals surface area contributed by atoms with Crippen molar-refractivity contribution in [1.29, 1.82) is 0 Å². The highest BCUT2D eigenvalue weighted by Crippen LogP contribution is 2.39. The van der Waals surface area contributed by atoms with Gasteiger partial charge in [0, 0.05) is 11.4 Å². The number of carbonyl (C=O) groups excluding carboxylic acids is 1. The fourth-order valence-corrected chi connectivity index (χ4v) is 4.55. The molecule has 3 aromatic carbocycles. The van der Waals surface area contributed by atoms with Gasteiger partial charge in [-0.1, -0.05) is 54.1 Å². The van der Waals surface area contributed by atoms with E-state index < -0.39 is 6.04 Å². The lowest BCUT2D eigenvalue weighted by Gasteiger charge is -2.29. The van der Waals surface area contributed by atoms with Crippen molar-refractivity contribution in [3.8, 4) is 11.5 Å². The van der Waals surface area contributed by atoms with Crippen molar-refractivity contribution in [3.05, 3.63) is 107 Å². The molecule has 1 aromatic heterocycles. The number of benzene rings is 3. The van der Waals surface area contributed by atoms with Crippen LogP contribution in [-0.2, 0) is 11.4 Å². The quantitative estimate of drug-likeness (QED) is 0.356. The number of anilines is 2. The average Bonchev–Trinajstić information content (AvgIpc) is 3.36. The number of methoxy groups -OCH3 is 1. The Morgan fingerprint density at radius 2 is 1.84 bits per heavy atom. The maximum absolute atomic E-state index is 13.7. The monoisotopic (exact) mass is 495 g/mol. The molecule has 8 nitrogen and oxygen atoms in total. The van der Waals surface area contributed by atoms with Crippen LogP contribution in [0.25, 0.3) is 0 Å². The number of rotatable bonds is 7. The van der Waals surface area contributed by atoms with E-state index in [0.29, 0.717) is 35.3 Å². The molecule has 2 heterocycles. The second-order valence-electron chi connectivity index (χ2n) is 9.05. The van der Waals surface area contributed by atoms with Crippen molar-refractivity contribution in [2.75, 3.05) is 17.7 Å². The predicted octanol–water partition coefficient (Wildman–Crippen LogP) is 5.41. The van der Waals surface area contributed by atoms with Gasteiger partial charge in [0.2, 0.25) is 5.95 Å². The molecular formula is C29H29N5O3. The van der Waals surface area contributed by atoms with Crippen LogP contribution < -0.4 is 20.1 Å². The molecule has 4 aromatic rings. The van der Waals surface area contributed by atoms with Gasteiger partial charge in [-0.3, -0.25) is 4.79 Å². The topological polar surface area (TPSA) is 90.3 Å². The lowest BCUT2D eigenvalue weighted by Crippen LogP contribution is -2.31. The molecule has 2 N–H and O–H groups in total. The van der Waals surface area contributed by atoms with E-state index in [9.17, 15) is 4.79 Å². The number of nitrogens with zero attached hydrogens (tertiary/aromatic N) is 3.